The molecule has 0 spiro atoms. The lowest BCUT2D eigenvalue weighted by molar-refractivity contribution is -0.137. The number of benzene rings is 2. The Morgan fingerprint density at radius 1 is 1.04 bits per heavy atom. The normalized spacial score (nSPS) is 12.7. The Balaban J connectivity index is 1.86. The number of amides is 1. The highest BCUT2D eigenvalue weighted by Gasteiger charge is 2.29. The van der Waals surface area contributed by atoms with Gasteiger partial charge in [0.05, 0.1) is 18.1 Å². The average molecular weight is 341 g/mol. The number of rotatable bonds is 5. The minimum atomic E-state index is -4.42. The first kappa shape index (κ1) is 17.9. The van der Waals surface area contributed by atoms with E-state index in [9.17, 15) is 27.5 Å². The highest BCUT2D eigenvalue weighted by atomic mass is 19.4. The molecular weight excluding hydrogens is 326 g/mol. The first-order chi connectivity index (χ1) is 11.3. The molecule has 2 aromatic carbocycles. The molecule has 0 aliphatic carbocycles. The fourth-order valence-electron chi connectivity index (χ4n) is 2.07. The number of hydrogen-bond donors (Lipinski definition) is 2. The smallest absolute Gasteiger partial charge is 0.387 e. The van der Waals surface area contributed by atoms with Crippen LogP contribution >= 0.6 is 0 Å². The Labute approximate surface area is 135 Å². The van der Waals surface area contributed by atoms with Crippen LogP contribution in [0.15, 0.2) is 48.5 Å². The second-order valence-corrected chi connectivity index (χ2v) is 5.24. The van der Waals surface area contributed by atoms with Gasteiger partial charge in [0.25, 0.3) is 0 Å². The van der Waals surface area contributed by atoms with E-state index in [1.807, 2.05) is 0 Å². The zero-order valence-corrected chi connectivity index (χ0v) is 12.5. The van der Waals surface area contributed by atoms with Crippen molar-refractivity contribution in [1.29, 1.82) is 0 Å². The van der Waals surface area contributed by atoms with E-state index in [1.165, 1.54) is 36.4 Å². The molecule has 1 unspecified atom stereocenters. The summed E-state index contributed by atoms with van der Waals surface area (Å²) in [4.78, 5) is 11.8. The summed E-state index contributed by atoms with van der Waals surface area (Å²) in [5, 5.41) is 12.4. The molecule has 0 aliphatic heterocycles. The molecule has 2 N–H and O–H groups in total. The maximum atomic E-state index is 12.8. The van der Waals surface area contributed by atoms with E-state index in [-0.39, 0.29) is 13.0 Å². The van der Waals surface area contributed by atoms with E-state index in [0.29, 0.717) is 11.1 Å². The van der Waals surface area contributed by atoms with Crippen molar-refractivity contribution in [3.05, 3.63) is 71.0 Å². The summed E-state index contributed by atoms with van der Waals surface area (Å²) in [7, 11) is 0. The van der Waals surface area contributed by atoms with E-state index in [4.69, 9.17) is 0 Å². The lowest BCUT2D eigenvalue weighted by Gasteiger charge is -2.12. The first-order valence-corrected chi connectivity index (χ1v) is 7.12. The second-order valence-electron chi connectivity index (χ2n) is 5.24. The quantitative estimate of drug-likeness (QED) is 0.821. The molecule has 2 aromatic rings. The zero-order chi connectivity index (χ0) is 17.7. The van der Waals surface area contributed by atoms with Crippen LogP contribution in [0.4, 0.5) is 17.6 Å². The lowest BCUT2D eigenvalue weighted by Crippen LogP contribution is -2.29. The van der Waals surface area contributed by atoms with Gasteiger partial charge in [0.15, 0.2) is 0 Å². The van der Waals surface area contributed by atoms with Gasteiger partial charge >= 0.3 is 6.18 Å². The predicted octanol–water partition coefficient (Wildman–Crippen LogP) is 3.24. The summed E-state index contributed by atoms with van der Waals surface area (Å²) >= 11 is 0. The summed E-state index contributed by atoms with van der Waals surface area (Å²) in [6.45, 7) is -0.0783. The van der Waals surface area contributed by atoms with Crippen LogP contribution in [0.5, 0.6) is 0 Å². The van der Waals surface area contributed by atoms with Crippen molar-refractivity contribution in [3.63, 3.8) is 0 Å². The molecule has 7 heteroatoms. The van der Waals surface area contributed by atoms with Crippen LogP contribution in [-0.2, 0) is 17.4 Å². The molecule has 24 heavy (non-hydrogen) atoms. The number of hydrogen-bond acceptors (Lipinski definition) is 2. The maximum Gasteiger partial charge on any atom is 0.416 e. The van der Waals surface area contributed by atoms with Crippen molar-refractivity contribution in [2.75, 3.05) is 6.54 Å². The average Bonchev–Trinajstić information content (AvgIpc) is 2.53. The summed E-state index contributed by atoms with van der Waals surface area (Å²) in [6, 6.07) is 9.50. The number of carbonyl (C=O) groups excluding carboxylic acids is 1. The Morgan fingerprint density at radius 2 is 1.62 bits per heavy atom. The van der Waals surface area contributed by atoms with Gasteiger partial charge in [-0.25, -0.2) is 4.39 Å². The van der Waals surface area contributed by atoms with E-state index in [1.54, 1.807) is 0 Å². The Bertz CT molecular complexity index is 681. The Hall–Kier alpha value is -2.41. The van der Waals surface area contributed by atoms with Gasteiger partial charge in [-0.2, -0.15) is 13.2 Å². The van der Waals surface area contributed by atoms with Crippen LogP contribution in [-0.4, -0.2) is 17.6 Å². The number of carbonyl (C=O) groups is 1. The fourth-order valence-corrected chi connectivity index (χ4v) is 2.07. The van der Waals surface area contributed by atoms with Gasteiger partial charge in [-0.15, -0.1) is 0 Å². The van der Waals surface area contributed by atoms with Crippen molar-refractivity contribution >= 4 is 5.91 Å². The molecule has 128 valence electrons. The summed E-state index contributed by atoms with van der Waals surface area (Å²) < 4.78 is 50.1. The van der Waals surface area contributed by atoms with Crippen molar-refractivity contribution in [1.82, 2.24) is 5.32 Å². The van der Waals surface area contributed by atoms with Crippen molar-refractivity contribution in [2.24, 2.45) is 0 Å². The van der Waals surface area contributed by atoms with Crippen LogP contribution in [0, 0.1) is 5.82 Å². The minimum absolute atomic E-state index is 0.0783. The number of alkyl halides is 3. The van der Waals surface area contributed by atoms with Crippen LogP contribution in [0.3, 0.4) is 0 Å². The SMILES string of the molecule is O=C(Cc1ccc(C(F)(F)F)cc1)NCC(O)c1ccc(F)cc1. The molecule has 3 nitrogen and oxygen atoms in total. The Morgan fingerprint density at radius 3 is 2.17 bits per heavy atom. The van der Waals surface area contributed by atoms with Crippen LogP contribution in [0.1, 0.15) is 22.8 Å². The summed E-state index contributed by atoms with van der Waals surface area (Å²) in [6.07, 6.45) is -5.52. The molecule has 0 fully saturated rings. The third-order valence-corrected chi connectivity index (χ3v) is 3.39. The molecule has 1 atom stereocenters. The third-order valence-electron chi connectivity index (χ3n) is 3.39. The number of halogens is 4. The number of nitrogens with one attached hydrogen (secondary N) is 1. The van der Waals surface area contributed by atoms with E-state index in [2.05, 4.69) is 5.32 Å². The summed E-state index contributed by atoms with van der Waals surface area (Å²) in [5.74, 6) is -0.867. The number of aliphatic hydroxyl groups excluding tert-OH is 1. The van der Waals surface area contributed by atoms with Crippen molar-refractivity contribution in [2.45, 2.75) is 18.7 Å². The molecule has 0 radical (unpaired) electrons. The van der Waals surface area contributed by atoms with Crippen molar-refractivity contribution in [3.8, 4) is 0 Å². The predicted molar refractivity (Wildman–Crippen MR) is 79.5 cm³/mol. The summed E-state index contributed by atoms with van der Waals surface area (Å²) in [5.41, 5.74) is 0.0985. The molecule has 0 aliphatic rings. The van der Waals surface area contributed by atoms with E-state index < -0.39 is 29.6 Å². The van der Waals surface area contributed by atoms with Crippen LogP contribution in [0.25, 0.3) is 0 Å². The lowest BCUT2D eigenvalue weighted by atomic mass is 10.1. The minimum Gasteiger partial charge on any atom is -0.387 e. The highest BCUT2D eigenvalue weighted by molar-refractivity contribution is 5.78. The highest BCUT2D eigenvalue weighted by Crippen LogP contribution is 2.29. The molecule has 0 saturated carbocycles. The maximum absolute atomic E-state index is 12.8. The standard InChI is InChI=1S/C17H15F4NO2/c18-14-7-3-12(4-8-14)15(23)10-22-16(24)9-11-1-5-13(6-2-11)17(19,20)21/h1-8,15,23H,9-10H2,(H,22,24). The van der Waals surface area contributed by atoms with Gasteiger partial charge in [0.1, 0.15) is 5.82 Å². The number of aliphatic hydroxyl groups is 1. The molecular formula is C17H15F4NO2. The molecule has 0 aromatic heterocycles. The topological polar surface area (TPSA) is 49.3 Å². The van der Waals surface area contributed by atoms with Gasteiger partial charge in [0, 0.05) is 6.54 Å². The second kappa shape index (κ2) is 7.44. The molecule has 0 saturated heterocycles. The molecule has 0 bridgehead atoms. The Kier molecular flexibility index (Phi) is 5.56. The zero-order valence-electron chi connectivity index (χ0n) is 12.5. The van der Waals surface area contributed by atoms with Gasteiger partial charge in [-0.3, -0.25) is 4.79 Å². The monoisotopic (exact) mass is 341 g/mol. The fraction of sp³-hybridized carbons (Fsp3) is 0.235. The van der Waals surface area contributed by atoms with Crippen LogP contribution < -0.4 is 5.32 Å². The first-order valence-electron chi connectivity index (χ1n) is 7.12. The molecule has 2 rings (SSSR count). The van der Waals surface area contributed by atoms with Gasteiger partial charge in [-0.05, 0) is 35.4 Å². The van der Waals surface area contributed by atoms with Gasteiger partial charge in [-0.1, -0.05) is 24.3 Å². The van der Waals surface area contributed by atoms with Crippen molar-refractivity contribution < 1.29 is 27.5 Å². The van der Waals surface area contributed by atoms with Gasteiger partial charge < -0.3 is 10.4 Å². The van der Waals surface area contributed by atoms with E-state index in [0.717, 1.165) is 12.1 Å². The molecule has 1 amide bonds. The van der Waals surface area contributed by atoms with Crippen LogP contribution in [0.2, 0.25) is 0 Å². The van der Waals surface area contributed by atoms with Gasteiger partial charge in [0.2, 0.25) is 5.91 Å². The molecule has 0 heterocycles. The largest absolute Gasteiger partial charge is 0.416 e. The van der Waals surface area contributed by atoms with E-state index >= 15 is 0 Å². The third kappa shape index (κ3) is 5.06.